The Morgan fingerprint density at radius 1 is 1.10 bits per heavy atom. The van der Waals surface area contributed by atoms with E-state index < -0.39 is 0 Å². The van der Waals surface area contributed by atoms with Crippen molar-refractivity contribution in [2.75, 3.05) is 33.7 Å². The van der Waals surface area contributed by atoms with Gasteiger partial charge in [-0.15, -0.1) is 0 Å². The zero-order valence-electron chi connectivity index (χ0n) is 13.9. The molecule has 1 aliphatic carbocycles. The summed E-state index contributed by atoms with van der Waals surface area (Å²) in [7, 11) is 4.67. The van der Waals surface area contributed by atoms with Crippen LogP contribution in [0.5, 0.6) is 0 Å². The molecule has 0 radical (unpaired) electrons. The normalized spacial score (nSPS) is 33.3. The molecule has 118 valence electrons. The topological polar surface area (TPSA) is 18.5 Å². The molecule has 3 unspecified atom stereocenters. The van der Waals surface area contributed by atoms with Gasteiger partial charge >= 0.3 is 0 Å². The minimum absolute atomic E-state index is 0.717. The summed E-state index contributed by atoms with van der Waals surface area (Å²) in [5, 5.41) is 3.84. The molecule has 1 aliphatic heterocycles. The van der Waals surface area contributed by atoms with E-state index in [1.807, 2.05) is 0 Å². The lowest BCUT2D eigenvalue weighted by atomic mass is 9.96. The van der Waals surface area contributed by atoms with E-state index >= 15 is 0 Å². The first kappa shape index (κ1) is 16.3. The van der Waals surface area contributed by atoms with E-state index in [9.17, 15) is 0 Å². The standard InChI is InChI=1S/C17H35N3/c1-4-12-18-16-10-6-5-7-11-17(16)20(3)15-9-8-13-19(2)14-15/h15-18H,4-14H2,1-3H3. The summed E-state index contributed by atoms with van der Waals surface area (Å²) in [4.78, 5) is 5.24. The lowest BCUT2D eigenvalue weighted by Crippen LogP contribution is -2.55. The van der Waals surface area contributed by atoms with Crippen LogP contribution in [0.25, 0.3) is 0 Å². The highest BCUT2D eigenvalue weighted by Gasteiger charge is 2.31. The van der Waals surface area contributed by atoms with E-state index in [2.05, 4.69) is 36.1 Å². The van der Waals surface area contributed by atoms with Gasteiger partial charge in [0, 0.05) is 24.7 Å². The zero-order chi connectivity index (χ0) is 14.4. The van der Waals surface area contributed by atoms with Crippen molar-refractivity contribution in [3.8, 4) is 0 Å². The first-order valence-electron chi connectivity index (χ1n) is 8.86. The predicted molar refractivity (Wildman–Crippen MR) is 87.2 cm³/mol. The number of nitrogens with zero attached hydrogens (tertiary/aromatic N) is 2. The summed E-state index contributed by atoms with van der Waals surface area (Å²) in [5.41, 5.74) is 0. The molecule has 20 heavy (non-hydrogen) atoms. The SMILES string of the molecule is CCCNC1CCCCCC1N(C)C1CCCN(C)C1. The molecule has 0 bridgehead atoms. The second-order valence-electron chi connectivity index (χ2n) is 6.99. The number of hydrogen-bond donors (Lipinski definition) is 1. The van der Waals surface area contributed by atoms with E-state index in [1.54, 1.807) is 0 Å². The minimum atomic E-state index is 0.717. The van der Waals surface area contributed by atoms with Gasteiger partial charge in [-0.25, -0.2) is 0 Å². The highest BCUT2D eigenvalue weighted by atomic mass is 15.2. The van der Waals surface area contributed by atoms with Crippen LogP contribution >= 0.6 is 0 Å². The maximum absolute atomic E-state index is 3.84. The summed E-state index contributed by atoms with van der Waals surface area (Å²) >= 11 is 0. The van der Waals surface area contributed by atoms with Crippen LogP contribution in [0, 0.1) is 0 Å². The van der Waals surface area contributed by atoms with Gasteiger partial charge in [0.2, 0.25) is 0 Å². The van der Waals surface area contributed by atoms with Crippen molar-refractivity contribution in [2.45, 2.75) is 76.4 Å². The predicted octanol–water partition coefficient (Wildman–Crippen LogP) is 2.71. The Hall–Kier alpha value is -0.120. The zero-order valence-corrected chi connectivity index (χ0v) is 13.9. The highest BCUT2D eigenvalue weighted by Crippen LogP contribution is 2.25. The summed E-state index contributed by atoms with van der Waals surface area (Å²) in [6, 6.07) is 2.23. The monoisotopic (exact) mass is 281 g/mol. The average molecular weight is 281 g/mol. The second-order valence-corrected chi connectivity index (χ2v) is 6.99. The van der Waals surface area contributed by atoms with E-state index in [0.717, 1.165) is 18.1 Å². The number of hydrogen-bond acceptors (Lipinski definition) is 3. The molecule has 3 heteroatoms. The molecule has 3 nitrogen and oxygen atoms in total. The largest absolute Gasteiger partial charge is 0.312 e. The Morgan fingerprint density at radius 2 is 1.90 bits per heavy atom. The molecule has 0 aromatic carbocycles. The van der Waals surface area contributed by atoms with Crippen LogP contribution in [-0.4, -0.2) is 61.7 Å². The van der Waals surface area contributed by atoms with Crippen molar-refractivity contribution in [3.63, 3.8) is 0 Å². The number of piperidine rings is 1. The van der Waals surface area contributed by atoms with Gasteiger partial charge in [0.05, 0.1) is 0 Å². The highest BCUT2D eigenvalue weighted by molar-refractivity contribution is 4.90. The van der Waals surface area contributed by atoms with Crippen molar-refractivity contribution >= 4 is 0 Å². The maximum Gasteiger partial charge on any atom is 0.0249 e. The lowest BCUT2D eigenvalue weighted by Gasteiger charge is -2.42. The van der Waals surface area contributed by atoms with Gasteiger partial charge in [-0.3, -0.25) is 4.90 Å². The maximum atomic E-state index is 3.84. The fourth-order valence-electron chi connectivity index (χ4n) is 4.09. The van der Waals surface area contributed by atoms with Gasteiger partial charge in [-0.05, 0) is 59.3 Å². The molecule has 1 heterocycles. The van der Waals surface area contributed by atoms with Crippen molar-refractivity contribution in [2.24, 2.45) is 0 Å². The molecule has 0 aromatic heterocycles. The Bertz CT molecular complexity index is 269. The third-order valence-electron chi connectivity index (χ3n) is 5.33. The molecule has 2 rings (SSSR count). The molecule has 1 saturated carbocycles. The van der Waals surface area contributed by atoms with E-state index in [-0.39, 0.29) is 0 Å². The Balaban J connectivity index is 1.96. The van der Waals surface area contributed by atoms with Crippen LogP contribution < -0.4 is 5.32 Å². The third kappa shape index (κ3) is 4.44. The summed E-state index contributed by atoms with van der Waals surface area (Å²) in [5.74, 6) is 0. The molecule has 0 spiro atoms. The molecule has 2 aliphatic rings. The molecule has 0 amide bonds. The second kappa shape index (κ2) is 8.35. The fourth-order valence-corrected chi connectivity index (χ4v) is 4.09. The van der Waals surface area contributed by atoms with Crippen LogP contribution in [0.1, 0.15) is 58.3 Å². The Morgan fingerprint density at radius 3 is 2.65 bits per heavy atom. The van der Waals surface area contributed by atoms with Crippen LogP contribution in [0.15, 0.2) is 0 Å². The van der Waals surface area contributed by atoms with Crippen LogP contribution in [0.3, 0.4) is 0 Å². The molecule has 1 saturated heterocycles. The summed E-state index contributed by atoms with van der Waals surface area (Å²) in [6.07, 6.45) is 11.0. The van der Waals surface area contributed by atoms with Crippen molar-refractivity contribution in [1.82, 2.24) is 15.1 Å². The Labute approximate surface area is 126 Å². The van der Waals surface area contributed by atoms with E-state index in [0.29, 0.717) is 0 Å². The minimum Gasteiger partial charge on any atom is -0.312 e. The van der Waals surface area contributed by atoms with E-state index in [4.69, 9.17) is 0 Å². The number of likely N-dealkylation sites (tertiary alicyclic amines) is 1. The fraction of sp³-hybridized carbons (Fsp3) is 1.00. The van der Waals surface area contributed by atoms with Crippen LogP contribution in [-0.2, 0) is 0 Å². The smallest absolute Gasteiger partial charge is 0.0249 e. The molecular formula is C17H35N3. The first-order chi connectivity index (χ1) is 9.72. The van der Waals surface area contributed by atoms with Gasteiger partial charge < -0.3 is 10.2 Å². The van der Waals surface area contributed by atoms with Crippen molar-refractivity contribution < 1.29 is 0 Å². The molecule has 1 N–H and O–H groups in total. The molecular weight excluding hydrogens is 246 g/mol. The lowest BCUT2D eigenvalue weighted by molar-refractivity contribution is 0.0770. The molecule has 3 atom stereocenters. The van der Waals surface area contributed by atoms with Gasteiger partial charge in [-0.2, -0.15) is 0 Å². The quantitative estimate of drug-likeness (QED) is 0.782. The van der Waals surface area contributed by atoms with Crippen LogP contribution in [0.4, 0.5) is 0 Å². The van der Waals surface area contributed by atoms with Crippen molar-refractivity contribution in [1.29, 1.82) is 0 Å². The van der Waals surface area contributed by atoms with Crippen LogP contribution in [0.2, 0.25) is 0 Å². The number of likely N-dealkylation sites (N-methyl/N-ethyl adjacent to an activating group) is 2. The van der Waals surface area contributed by atoms with Crippen molar-refractivity contribution in [3.05, 3.63) is 0 Å². The average Bonchev–Trinajstić information content (AvgIpc) is 2.69. The van der Waals surface area contributed by atoms with Gasteiger partial charge in [0.1, 0.15) is 0 Å². The first-order valence-corrected chi connectivity index (χ1v) is 8.86. The summed E-state index contributed by atoms with van der Waals surface area (Å²) < 4.78 is 0. The number of rotatable bonds is 5. The van der Waals surface area contributed by atoms with E-state index in [1.165, 1.54) is 71.0 Å². The molecule has 0 aromatic rings. The summed E-state index contributed by atoms with van der Waals surface area (Å²) in [6.45, 7) is 6.00. The molecule has 2 fully saturated rings. The third-order valence-corrected chi connectivity index (χ3v) is 5.33. The number of nitrogens with one attached hydrogen (secondary N) is 1. The Kier molecular flexibility index (Phi) is 6.79. The van der Waals surface area contributed by atoms with Gasteiger partial charge in [-0.1, -0.05) is 26.2 Å². The van der Waals surface area contributed by atoms with Gasteiger partial charge in [0.25, 0.3) is 0 Å². The van der Waals surface area contributed by atoms with Gasteiger partial charge in [0.15, 0.2) is 0 Å².